The van der Waals surface area contributed by atoms with E-state index in [0.717, 1.165) is 34.5 Å². The highest BCUT2D eigenvalue weighted by Crippen LogP contribution is 2.18. The van der Waals surface area contributed by atoms with Crippen LogP contribution >= 0.6 is 11.3 Å². The maximum atomic E-state index is 12.5. The van der Waals surface area contributed by atoms with E-state index in [-0.39, 0.29) is 5.56 Å². The highest BCUT2D eigenvalue weighted by molar-refractivity contribution is 7.91. The monoisotopic (exact) mass is 397 g/mol. The quantitative estimate of drug-likeness (QED) is 0.687. The molecule has 1 heterocycles. The van der Waals surface area contributed by atoms with E-state index in [9.17, 15) is 22.0 Å². The maximum Gasteiger partial charge on any atom is 0.341 e. The summed E-state index contributed by atoms with van der Waals surface area (Å²) in [6.45, 7) is 0. The van der Waals surface area contributed by atoms with E-state index < -0.39 is 26.4 Å². The molecule has 0 aliphatic carbocycles. The molecule has 3 rings (SSSR count). The van der Waals surface area contributed by atoms with Crippen LogP contribution in [0.15, 0.2) is 58.5 Å². The van der Waals surface area contributed by atoms with Gasteiger partial charge in [-0.1, -0.05) is 23.5 Å². The summed E-state index contributed by atoms with van der Waals surface area (Å²) < 4.78 is 50.6. The maximum absolute atomic E-state index is 12.5. The molecule has 136 valence electrons. The Labute approximate surface area is 151 Å². The minimum atomic E-state index is -4.69. The predicted octanol–water partition coefficient (Wildman–Crippen LogP) is 2.48. The van der Waals surface area contributed by atoms with Crippen molar-refractivity contribution in [2.45, 2.75) is 10.7 Å². The Balaban J connectivity index is 1.83. The molecule has 0 saturated heterocycles. The number of hydrogen-bond acceptors (Lipinski definition) is 5. The number of carbonyl (C=O) groups excluding carboxylic acids is 1. The van der Waals surface area contributed by atoms with Gasteiger partial charge in [0.1, 0.15) is 0 Å². The number of alkyl halides is 2. The van der Waals surface area contributed by atoms with Crippen molar-refractivity contribution >= 4 is 37.3 Å². The van der Waals surface area contributed by atoms with Crippen LogP contribution in [0.3, 0.4) is 0 Å². The molecular formula is C16H13F2N3O3S2. The first-order valence-electron chi connectivity index (χ1n) is 7.31. The van der Waals surface area contributed by atoms with E-state index in [2.05, 4.69) is 10.5 Å². The van der Waals surface area contributed by atoms with Crippen LogP contribution in [0.1, 0.15) is 10.4 Å². The molecule has 0 bridgehead atoms. The number of hydrogen-bond donors (Lipinski definition) is 1. The lowest BCUT2D eigenvalue weighted by atomic mass is 10.2. The third kappa shape index (κ3) is 3.37. The van der Waals surface area contributed by atoms with E-state index in [1.54, 1.807) is 0 Å². The van der Waals surface area contributed by atoms with Crippen molar-refractivity contribution in [3.63, 3.8) is 0 Å². The number of thiazole rings is 1. The van der Waals surface area contributed by atoms with E-state index in [1.165, 1.54) is 11.3 Å². The number of para-hydroxylation sites is 1. The van der Waals surface area contributed by atoms with Crippen molar-refractivity contribution in [1.29, 1.82) is 0 Å². The summed E-state index contributed by atoms with van der Waals surface area (Å²) in [6, 6.07) is 11.9. The van der Waals surface area contributed by atoms with Gasteiger partial charge in [0.25, 0.3) is 5.91 Å². The molecule has 6 nitrogen and oxygen atoms in total. The first kappa shape index (κ1) is 18.2. The average Bonchev–Trinajstić information content (AvgIpc) is 2.96. The lowest BCUT2D eigenvalue weighted by Crippen LogP contribution is -2.23. The van der Waals surface area contributed by atoms with Gasteiger partial charge in [0, 0.05) is 12.6 Å². The Bertz CT molecular complexity index is 1130. The molecule has 1 amide bonds. The molecule has 0 atom stereocenters. The summed E-state index contributed by atoms with van der Waals surface area (Å²) in [4.78, 5) is 12.2. The van der Waals surface area contributed by atoms with Gasteiger partial charge in [-0.25, -0.2) is 13.8 Å². The zero-order valence-corrected chi connectivity index (χ0v) is 15.0. The molecule has 0 radical (unpaired) electrons. The van der Waals surface area contributed by atoms with Gasteiger partial charge in [-0.15, -0.1) is 5.10 Å². The Hall–Kier alpha value is -2.59. The van der Waals surface area contributed by atoms with Crippen molar-refractivity contribution < 1.29 is 22.0 Å². The summed E-state index contributed by atoms with van der Waals surface area (Å²) >= 11 is 1.39. The van der Waals surface area contributed by atoms with Crippen LogP contribution in [-0.2, 0) is 16.9 Å². The van der Waals surface area contributed by atoms with Crippen molar-refractivity contribution in [3.8, 4) is 0 Å². The Kier molecular flexibility index (Phi) is 4.88. The lowest BCUT2D eigenvalue weighted by molar-refractivity contribution is 0.0953. The fraction of sp³-hybridized carbons (Fsp3) is 0.125. The molecule has 26 heavy (non-hydrogen) atoms. The Morgan fingerprint density at radius 2 is 1.81 bits per heavy atom. The minimum absolute atomic E-state index is 0.103. The summed E-state index contributed by atoms with van der Waals surface area (Å²) in [5, 5.41) is 4.06. The number of sulfone groups is 1. The lowest BCUT2D eigenvalue weighted by Gasteiger charge is -2.04. The number of aryl methyl sites for hydroxylation is 1. The Morgan fingerprint density at radius 3 is 2.42 bits per heavy atom. The van der Waals surface area contributed by atoms with Gasteiger partial charge in [-0.2, -0.15) is 8.78 Å². The number of carbonyl (C=O) groups is 1. The molecule has 0 aliphatic heterocycles. The standard InChI is InChI=1S/C16H13F2N3O3S2/c1-21-12-4-2-3-5-13(12)25-16(21)20-19-14(22)10-6-8-11(9-7-10)26(23,24)15(17)18/h2-9,15H,1H3,(H,19,22)/b20-16-. The number of amides is 1. The van der Waals surface area contributed by atoms with E-state index >= 15 is 0 Å². The molecule has 0 unspecified atom stereocenters. The number of aromatic nitrogens is 1. The van der Waals surface area contributed by atoms with Gasteiger partial charge in [0.2, 0.25) is 14.6 Å². The first-order valence-corrected chi connectivity index (χ1v) is 9.68. The molecular weight excluding hydrogens is 384 g/mol. The molecule has 0 fully saturated rings. The van der Waals surface area contributed by atoms with E-state index in [4.69, 9.17) is 0 Å². The zero-order valence-electron chi connectivity index (χ0n) is 13.4. The number of rotatable bonds is 4. The molecule has 0 aliphatic rings. The number of fused-ring (bicyclic) bond motifs is 1. The number of nitrogens with one attached hydrogen (secondary N) is 1. The smallest absolute Gasteiger partial charge is 0.318 e. The van der Waals surface area contributed by atoms with Crippen molar-refractivity contribution in [1.82, 2.24) is 9.99 Å². The summed E-state index contributed by atoms with van der Waals surface area (Å²) in [7, 11) is -2.87. The van der Waals surface area contributed by atoms with Gasteiger partial charge in [-0.3, -0.25) is 4.79 Å². The molecule has 1 aromatic heterocycles. The van der Waals surface area contributed by atoms with Crippen molar-refractivity contribution in [2.24, 2.45) is 12.1 Å². The molecule has 0 spiro atoms. The molecule has 1 N–H and O–H groups in total. The molecule has 0 saturated carbocycles. The van der Waals surface area contributed by atoms with Gasteiger partial charge in [-0.05, 0) is 36.4 Å². The second-order valence-corrected chi connectivity index (χ2v) is 8.22. The molecule has 2 aromatic carbocycles. The van der Waals surface area contributed by atoms with Crippen molar-refractivity contribution in [2.75, 3.05) is 0 Å². The fourth-order valence-electron chi connectivity index (χ4n) is 2.25. The van der Waals surface area contributed by atoms with E-state index in [0.29, 0.717) is 4.80 Å². The SMILES string of the molecule is Cn1/c(=N/NC(=O)c2ccc(S(=O)(=O)C(F)F)cc2)sc2ccccc21. The summed E-state index contributed by atoms with van der Waals surface area (Å²) in [6.07, 6.45) is 0. The average molecular weight is 397 g/mol. The topological polar surface area (TPSA) is 80.5 Å². The van der Waals surface area contributed by atoms with Crippen LogP contribution in [0, 0.1) is 0 Å². The third-order valence-corrected chi connectivity index (χ3v) is 6.16. The molecule has 10 heteroatoms. The minimum Gasteiger partial charge on any atom is -0.318 e. The number of halogens is 2. The highest BCUT2D eigenvalue weighted by Gasteiger charge is 2.26. The van der Waals surface area contributed by atoms with Crippen LogP contribution in [0.25, 0.3) is 10.2 Å². The summed E-state index contributed by atoms with van der Waals surface area (Å²) in [5.41, 5.74) is 3.44. The van der Waals surface area contributed by atoms with Crippen LogP contribution < -0.4 is 10.2 Å². The van der Waals surface area contributed by atoms with Crippen LogP contribution in [0.4, 0.5) is 8.78 Å². The largest absolute Gasteiger partial charge is 0.341 e. The van der Waals surface area contributed by atoms with Gasteiger partial charge >= 0.3 is 5.76 Å². The fourth-order valence-corrected chi connectivity index (χ4v) is 3.95. The normalized spacial score (nSPS) is 12.7. The predicted molar refractivity (Wildman–Crippen MR) is 93.5 cm³/mol. The van der Waals surface area contributed by atoms with Crippen LogP contribution in [-0.4, -0.2) is 24.6 Å². The van der Waals surface area contributed by atoms with E-state index in [1.807, 2.05) is 35.9 Å². The second kappa shape index (κ2) is 6.96. The van der Waals surface area contributed by atoms with Crippen molar-refractivity contribution in [3.05, 3.63) is 58.9 Å². The summed E-state index contributed by atoms with van der Waals surface area (Å²) in [5.74, 6) is -4.09. The van der Waals surface area contributed by atoms with Gasteiger partial charge < -0.3 is 4.57 Å². The highest BCUT2D eigenvalue weighted by atomic mass is 32.2. The van der Waals surface area contributed by atoms with Crippen LogP contribution in [0.2, 0.25) is 0 Å². The second-order valence-electron chi connectivity index (χ2n) is 5.29. The molecule has 3 aromatic rings. The first-order chi connectivity index (χ1) is 12.3. The number of benzene rings is 2. The van der Waals surface area contributed by atoms with Crippen LogP contribution in [0.5, 0.6) is 0 Å². The number of nitrogens with zero attached hydrogens (tertiary/aromatic N) is 2. The van der Waals surface area contributed by atoms with Gasteiger partial charge in [0.15, 0.2) is 0 Å². The third-order valence-electron chi connectivity index (χ3n) is 3.65. The zero-order chi connectivity index (χ0) is 18.9. The van der Waals surface area contributed by atoms with Gasteiger partial charge in [0.05, 0.1) is 15.1 Å². The Morgan fingerprint density at radius 1 is 1.15 bits per heavy atom.